The van der Waals surface area contributed by atoms with E-state index in [0.29, 0.717) is 0 Å². The summed E-state index contributed by atoms with van der Waals surface area (Å²) in [6, 6.07) is 12.3. The zero-order valence-corrected chi connectivity index (χ0v) is 15.7. The van der Waals surface area contributed by atoms with Gasteiger partial charge in [0.1, 0.15) is 11.9 Å². The average Bonchev–Trinajstić information content (AvgIpc) is 3.10. The van der Waals surface area contributed by atoms with Crippen molar-refractivity contribution < 1.29 is 23.5 Å². The number of carbonyl (C=O) groups excluding carboxylic acids is 3. The Balaban J connectivity index is 1.64. The number of aromatic amines is 1. The Morgan fingerprint density at radius 3 is 2.59 bits per heavy atom. The number of aromatic nitrogens is 1. The van der Waals surface area contributed by atoms with E-state index < -0.39 is 36.2 Å². The Kier molecular flexibility index (Phi) is 6.23. The quantitative estimate of drug-likeness (QED) is 0.534. The van der Waals surface area contributed by atoms with E-state index in [2.05, 4.69) is 15.6 Å². The molecule has 0 spiro atoms. The first-order chi connectivity index (χ1) is 13.9. The van der Waals surface area contributed by atoms with Crippen molar-refractivity contribution >= 4 is 34.4 Å². The molecule has 0 fully saturated rings. The Bertz CT molecular complexity index is 1050. The molecule has 3 aromatic rings. The number of hydrogen-bond donors (Lipinski definition) is 3. The van der Waals surface area contributed by atoms with Crippen molar-refractivity contribution in [1.82, 2.24) is 10.3 Å². The molecule has 1 heterocycles. The van der Waals surface area contributed by atoms with Gasteiger partial charge in [0.2, 0.25) is 5.91 Å². The third-order valence-corrected chi connectivity index (χ3v) is 4.25. The van der Waals surface area contributed by atoms with Gasteiger partial charge in [-0.1, -0.05) is 30.3 Å². The number of esters is 1. The lowest BCUT2D eigenvalue weighted by molar-refractivity contribution is -0.150. The number of halogens is 1. The van der Waals surface area contributed by atoms with Crippen molar-refractivity contribution in [3.63, 3.8) is 0 Å². The van der Waals surface area contributed by atoms with Crippen LogP contribution in [0.3, 0.4) is 0 Å². The number of rotatable bonds is 7. The molecule has 29 heavy (non-hydrogen) atoms. The number of amides is 2. The van der Waals surface area contributed by atoms with Crippen LogP contribution >= 0.6 is 0 Å². The lowest BCUT2D eigenvalue weighted by Crippen LogP contribution is -2.43. The zero-order chi connectivity index (χ0) is 20.8. The van der Waals surface area contributed by atoms with Crippen molar-refractivity contribution in [2.45, 2.75) is 19.4 Å². The number of nitrogens with one attached hydrogen (secondary N) is 3. The average molecular weight is 397 g/mol. The van der Waals surface area contributed by atoms with E-state index in [1.807, 2.05) is 24.3 Å². The van der Waals surface area contributed by atoms with Crippen LogP contribution < -0.4 is 10.6 Å². The maximum Gasteiger partial charge on any atom is 0.329 e. The Morgan fingerprint density at radius 1 is 1.10 bits per heavy atom. The summed E-state index contributed by atoms with van der Waals surface area (Å²) in [5.41, 5.74) is 1.72. The number of fused-ring (bicyclic) bond motifs is 1. The lowest BCUT2D eigenvalue weighted by atomic mass is 10.0. The first-order valence-corrected chi connectivity index (χ1v) is 8.97. The van der Waals surface area contributed by atoms with Gasteiger partial charge in [-0.2, -0.15) is 0 Å². The molecular weight excluding hydrogens is 377 g/mol. The molecule has 0 aliphatic carbocycles. The second-order valence-corrected chi connectivity index (χ2v) is 6.45. The smallest absolute Gasteiger partial charge is 0.329 e. The van der Waals surface area contributed by atoms with Gasteiger partial charge in [-0.3, -0.25) is 9.59 Å². The van der Waals surface area contributed by atoms with Crippen molar-refractivity contribution in [3.05, 3.63) is 66.1 Å². The molecule has 0 radical (unpaired) electrons. The molecule has 1 aromatic heterocycles. The molecule has 0 bridgehead atoms. The van der Waals surface area contributed by atoms with Crippen LogP contribution in [0.15, 0.2) is 54.7 Å². The number of ether oxygens (including phenoxy) is 1. The van der Waals surface area contributed by atoms with E-state index in [4.69, 9.17) is 4.74 Å². The number of hydrogen-bond acceptors (Lipinski definition) is 4. The van der Waals surface area contributed by atoms with Gasteiger partial charge < -0.3 is 20.4 Å². The maximum atomic E-state index is 13.6. The predicted molar refractivity (Wildman–Crippen MR) is 106 cm³/mol. The van der Waals surface area contributed by atoms with Gasteiger partial charge in [-0.25, -0.2) is 9.18 Å². The molecule has 0 saturated heterocycles. The SMILES string of the molecule is CC(=O)N[C@@H](Cc1c[nH]c2ccccc12)C(=O)OCC(=O)Nc1ccccc1F. The zero-order valence-electron chi connectivity index (χ0n) is 15.7. The highest BCUT2D eigenvalue weighted by Gasteiger charge is 2.24. The van der Waals surface area contributed by atoms with E-state index in [1.165, 1.54) is 25.1 Å². The fourth-order valence-corrected chi connectivity index (χ4v) is 2.95. The van der Waals surface area contributed by atoms with Gasteiger partial charge in [0.05, 0.1) is 5.69 Å². The van der Waals surface area contributed by atoms with E-state index in [1.54, 1.807) is 12.3 Å². The number of H-pyrrole nitrogens is 1. The largest absolute Gasteiger partial charge is 0.454 e. The third kappa shape index (κ3) is 5.19. The highest BCUT2D eigenvalue weighted by atomic mass is 19.1. The topological polar surface area (TPSA) is 100 Å². The van der Waals surface area contributed by atoms with Gasteiger partial charge >= 0.3 is 5.97 Å². The maximum absolute atomic E-state index is 13.6. The first-order valence-electron chi connectivity index (χ1n) is 8.97. The van der Waals surface area contributed by atoms with Crippen LogP contribution in [-0.4, -0.2) is 35.4 Å². The molecule has 3 N–H and O–H groups in total. The van der Waals surface area contributed by atoms with E-state index >= 15 is 0 Å². The van der Waals surface area contributed by atoms with Gasteiger partial charge in [-0.05, 0) is 23.8 Å². The van der Waals surface area contributed by atoms with Crippen LogP contribution in [0.1, 0.15) is 12.5 Å². The number of anilines is 1. The third-order valence-electron chi connectivity index (χ3n) is 4.25. The normalized spacial score (nSPS) is 11.7. The van der Waals surface area contributed by atoms with Crippen LogP contribution in [0.2, 0.25) is 0 Å². The molecular formula is C21H20FN3O4. The monoisotopic (exact) mass is 397 g/mol. The fraction of sp³-hybridized carbons (Fsp3) is 0.190. The molecule has 8 heteroatoms. The number of benzene rings is 2. The van der Waals surface area contributed by atoms with Crippen molar-refractivity contribution in [1.29, 1.82) is 0 Å². The number of para-hydroxylation sites is 2. The van der Waals surface area contributed by atoms with Gasteiger partial charge in [0.15, 0.2) is 6.61 Å². The standard InChI is InChI=1S/C21H20FN3O4/c1-13(26)24-19(10-14-11-23-17-8-4-2-6-15(14)17)21(28)29-12-20(27)25-18-9-5-3-7-16(18)22/h2-9,11,19,23H,10,12H2,1H3,(H,24,26)(H,25,27)/t19-/m0/s1. The van der Waals surface area contributed by atoms with Gasteiger partial charge in [0.25, 0.3) is 5.91 Å². The minimum atomic E-state index is -0.965. The molecule has 2 amide bonds. The molecule has 0 aliphatic rings. The van der Waals surface area contributed by atoms with E-state index in [9.17, 15) is 18.8 Å². The summed E-state index contributed by atoms with van der Waals surface area (Å²) in [5, 5.41) is 5.80. The van der Waals surface area contributed by atoms with Crippen molar-refractivity contribution in [3.8, 4) is 0 Å². The minimum absolute atomic E-state index is 0.00856. The summed E-state index contributed by atoms with van der Waals surface area (Å²) in [6.07, 6.45) is 1.95. The molecule has 1 atom stereocenters. The van der Waals surface area contributed by atoms with Gasteiger partial charge in [-0.15, -0.1) is 0 Å². The highest BCUT2D eigenvalue weighted by molar-refractivity contribution is 5.93. The summed E-state index contributed by atoms with van der Waals surface area (Å²) >= 11 is 0. The molecule has 2 aromatic carbocycles. The molecule has 7 nitrogen and oxygen atoms in total. The molecule has 0 unspecified atom stereocenters. The summed E-state index contributed by atoms with van der Waals surface area (Å²) in [4.78, 5) is 39.0. The molecule has 3 rings (SSSR count). The van der Waals surface area contributed by atoms with Crippen LogP contribution in [0.4, 0.5) is 10.1 Å². The summed E-state index contributed by atoms with van der Waals surface area (Å²) in [5.74, 6) is -2.43. The Labute approximate surface area is 166 Å². The molecule has 0 aliphatic heterocycles. The summed E-state index contributed by atoms with van der Waals surface area (Å²) in [7, 11) is 0. The highest BCUT2D eigenvalue weighted by Crippen LogP contribution is 2.19. The molecule has 0 saturated carbocycles. The molecule has 150 valence electrons. The first kappa shape index (κ1) is 20.1. The lowest BCUT2D eigenvalue weighted by Gasteiger charge is -2.16. The Morgan fingerprint density at radius 2 is 1.83 bits per heavy atom. The van der Waals surface area contributed by atoms with Crippen molar-refractivity contribution in [2.24, 2.45) is 0 Å². The second kappa shape index (κ2) is 9.01. The second-order valence-electron chi connectivity index (χ2n) is 6.45. The van der Waals surface area contributed by atoms with Gasteiger partial charge in [0, 0.05) is 30.4 Å². The van der Waals surface area contributed by atoms with Crippen LogP contribution in [0, 0.1) is 5.82 Å². The number of carbonyl (C=O) groups is 3. The van der Waals surface area contributed by atoms with E-state index in [-0.39, 0.29) is 12.1 Å². The van der Waals surface area contributed by atoms with E-state index in [0.717, 1.165) is 16.5 Å². The van der Waals surface area contributed by atoms with Crippen LogP contribution in [-0.2, 0) is 25.5 Å². The minimum Gasteiger partial charge on any atom is -0.454 e. The summed E-state index contributed by atoms with van der Waals surface area (Å²) < 4.78 is 18.6. The predicted octanol–water partition coefficient (Wildman–Crippen LogP) is 2.54. The summed E-state index contributed by atoms with van der Waals surface area (Å²) in [6.45, 7) is 0.692. The van der Waals surface area contributed by atoms with Crippen LogP contribution in [0.25, 0.3) is 10.9 Å². The van der Waals surface area contributed by atoms with Crippen molar-refractivity contribution in [2.75, 3.05) is 11.9 Å². The Hall–Kier alpha value is -3.68. The van der Waals surface area contributed by atoms with Crippen LogP contribution in [0.5, 0.6) is 0 Å². The fourth-order valence-electron chi connectivity index (χ4n) is 2.95.